The van der Waals surface area contributed by atoms with Gasteiger partial charge in [0.25, 0.3) is 0 Å². The molecule has 1 rings (SSSR count). The van der Waals surface area contributed by atoms with Crippen LogP contribution in [-0.2, 0) is 0 Å². The van der Waals surface area contributed by atoms with E-state index in [1.54, 1.807) is 12.1 Å². The van der Waals surface area contributed by atoms with Gasteiger partial charge in [-0.2, -0.15) is 0 Å². The molecule has 0 aliphatic rings. The first-order valence-corrected chi connectivity index (χ1v) is 4.13. The molecule has 0 aliphatic heterocycles. The average molecular weight is 181 g/mol. The SMILES string of the molecule is CC(C)C(=NO)c1ccc(F)cc1. The van der Waals surface area contributed by atoms with Crippen LogP contribution in [0.25, 0.3) is 0 Å². The molecule has 1 aromatic rings. The second-order valence-electron chi connectivity index (χ2n) is 3.15. The Balaban J connectivity index is 3.00. The quantitative estimate of drug-likeness (QED) is 0.424. The number of nitrogens with zero attached hydrogens (tertiary/aromatic N) is 1. The predicted octanol–water partition coefficient (Wildman–Crippen LogP) is 2.66. The molecule has 0 spiro atoms. The molecule has 0 aromatic heterocycles. The minimum Gasteiger partial charge on any atom is -0.411 e. The topological polar surface area (TPSA) is 32.6 Å². The van der Waals surface area contributed by atoms with E-state index in [1.165, 1.54) is 12.1 Å². The van der Waals surface area contributed by atoms with Gasteiger partial charge in [0.15, 0.2) is 0 Å². The van der Waals surface area contributed by atoms with Gasteiger partial charge in [0.05, 0.1) is 5.71 Å². The van der Waals surface area contributed by atoms with Crippen molar-refractivity contribution in [2.75, 3.05) is 0 Å². The summed E-state index contributed by atoms with van der Waals surface area (Å²) in [6.07, 6.45) is 0. The summed E-state index contributed by atoms with van der Waals surface area (Å²) in [5.41, 5.74) is 1.32. The number of hydrogen-bond acceptors (Lipinski definition) is 2. The standard InChI is InChI=1S/C10H12FNO/c1-7(2)10(12-13)8-3-5-9(11)6-4-8/h3-7,13H,1-2H3. The van der Waals surface area contributed by atoms with Crippen LogP contribution in [-0.4, -0.2) is 10.9 Å². The Morgan fingerprint density at radius 2 is 1.85 bits per heavy atom. The fourth-order valence-electron chi connectivity index (χ4n) is 1.13. The molecule has 2 nitrogen and oxygen atoms in total. The number of oxime groups is 1. The number of hydrogen-bond donors (Lipinski definition) is 1. The molecule has 1 aromatic carbocycles. The van der Waals surface area contributed by atoms with Crippen LogP contribution in [0, 0.1) is 11.7 Å². The predicted molar refractivity (Wildman–Crippen MR) is 49.6 cm³/mol. The lowest BCUT2D eigenvalue weighted by Gasteiger charge is -2.07. The highest BCUT2D eigenvalue weighted by Gasteiger charge is 2.08. The minimum absolute atomic E-state index is 0.121. The van der Waals surface area contributed by atoms with E-state index in [9.17, 15) is 4.39 Å². The van der Waals surface area contributed by atoms with Crippen molar-refractivity contribution < 1.29 is 9.60 Å². The third kappa shape index (κ3) is 2.28. The maximum absolute atomic E-state index is 12.6. The molecule has 1 N–H and O–H groups in total. The Kier molecular flexibility index (Phi) is 3.01. The summed E-state index contributed by atoms with van der Waals surface area (Å²) in [6.45, 7) is 3.83. The van der Waals surface area contributed by atoms with Crippen LogP contribution in [0.5, 0.6) is 0 Å². The van der Waals surface area contributed by atoms with Gasteiger partial charge in [-0.25, -0.2) is 4.39 Å². The van der Waals surface area contributed by atoms with Gasteiger partial charge in [-0.1, -0.05) is 31.1 Å². The number of halogens is 1. The number of benzene rings is 1. The van der Waals surface area contributed by atoms with Crippen molar-refractivity contribution in [3.8, 4) is 0 Å². The van der Waals surface area contributed by atoms with E-state index in [0.717, 1.165) is 5.56 Å². The van der Waals surface area contributed by atoms with Gasteiger partial charge in [0, 0.05) is 0 Å². The second kappa shape index (κ2) is 4.03. The van der Waals surface area contributed by atoms with Crippen molar-refractivity contribution in [3.63, 3.8) is 0 Å². The first kappa shape index (κ1) is 9.71. The molecular weight excluding hydrogens is 169 g/mol. The van der Waals surface area contributed by atoms with Crippen LogP contribution < -0.4 is 0 Å². The van der Waals surface area contributed by atoms with Crippen LogP contribution in [0.1, 0.15) is 19.4 Å². The van der Waals surface area contributed by atoms with E-state index in [1.807, 2.05) is 13.8 Å². The summed E-state index contributed by atoms with van der Waals surface area (Å²) >= 11 is 0. The molecule has 0 unspecified atom stereocenters. The molecule has 3 heteroatoms. The Labute approximate surface area is 76.7 Å². The highest BCUT2D eigenvalue weighted by Crippen LogP contribution is 2.10. The lowest BCUT2D eigenvalue weighted by atomic mass is 10.0. The maximum atomic E-state index is 12.6. The van der Waals surface area contributed by atoms with Crippen molar-refractivity contribution >= 4 is 5.71 Å². The Hall–Kier alpha value is -1.38. The highest BCUT2D eigenvalue weighted by atomic mass is 19.1. The van der Waals surface area contributed by atoms with Crippen molar-refractivity contribution in [2.24, 2.45) is 11.1 Å². The molecule has 0 fully saturated rings. The van der Waals surface area contributed by atoms with Crippen LogP contribution in [0.15, 0.2) is 29.4 Å². The van der Waals surface area contributed by atoms with Crippen LogP contribution in [0.4, 0.5) is 4.39 Å². The zero-order valence-corrected chi connectivity index (χ0v) is 7.66. The first-order valence-electron chi connectivity index (χ1n) is 4.13. The van der Waals surface area contributed by atoms with E-state index in [2.05, 4.69) is 5.16 Å². The van der Waals surface area contributed by atoms with Gasteiger partial charge in [0.2, 0.25) is 0 Å². The summed E-state index contributed by atoms with van der Waals surface area (Å²) < 4.78 is 12.6. The molecular formula is C10H12FNO. The van der Waals surface area contributed by atoms with E-state index in [4.69, 9.17) is 5.21 Å². The molecule has 0 bridgehead atoms. The van der Waals surface area contributed by atoms with Gasteiger partial charge in [0.1, 0.15) is 5.82 Å². The van der Waals surface area contributed by atoms with Crippen molar-refractivity contribution in [3.05, 3.63) is 35.6 Å². The molecule has 0 atom stereocenters. The molecule has 0 heterocycles. The zero-order valence-electron chi connectivity index (χ0n) is 7.66. The van der Waals surface area contributed by atoms with Crippen molar-refractivity contribution in [1.29, 1.82) is 0 Å². The van der Waals surface area contributed by atoms with Crippen molar-refractivity contribution in [2.45, 2.75) is 13.8 Å². The Morgan fingerprint density at radius 1 is 1.31 bits per heavy atom. The Bertz CT molecular complexity index is 303. The van der Waals surface area contributed by atoms with E-state index >= 15 is 0 Å². The van der Waals surface area contributed by atoms with Crippen LogP contribution >= 0.6 is 0 Å². The van der Waals surface area contributed by atoms with Crippen molar-refractivity contribution in [1.82, 2.24) is 0 Å². The van der Waals surface area contributed by atoms with Gasteiger partial charge < -0.3 is 5.21 Å². The summed E-state index contributed by atoms with van der Waals surface area (Å²) in [5, 5.41) is 11.9. The largest absolute Gasteiger partial charge is 0.411 e. The summed E-state index contributed by atoms with van der Waals surface area (Å²) in [7, 11) is 0. The van der Waals surface area contributed by atoms with Crippen LogP contribution in [0.2, 0.25) is 0 Å². The van der Waals surface area contributed by atoms with Gasteiger partial charge in [-0.05, 0) is 23.6 Å². The molecule has 13 heavy (non-hydrogen) atoms. The first-order chi connectivity index (χ1) is 6.15. The molecule has 0 radical (unpaired) electrons. The average Bonchev–Trinajstić information content (AvgIpc) is 2.09. The summed E-state index contributed by atoms with van der Waals surface area (Å²) in [4.78, 5) is 0. The fourth-order valence-corrected chi connectivity index (χ4v) is 1.13. The molecule has 0 amide bonds. The van der Waals surface area contributed by atoms with E-state index in [-0.39, 0.29) is 11.7 Å². The van der Waals surface area contributed by atoms with Gasteiger partial charge >= 0.3 is 0 Å². The lowest BCUT2D eigenvalue weighted by Crippen LogP contribution is -2.09. The Morgan fingerprint density at radius 3 is 2.23 bits per heavy atom. The molecule has 0 aliphatic carbocycles. The molecule has 0 saturated heterocycles. The number of rotatable bonds is 2. The monoisotopic (exact) mass is 181 g/mol. The molecule has 0 saturated carbocycles. The van der Waals surface area contributed by atoms with E-state index < -0.39 is 0 Å². The molecule has 70 valence electrons. The normalized spacial score (nSPS) is 12.2. The summed E-state index contributed by atoms with van der Waals surface area (Å²) in [6, 6.07) is 5.90. The fraction of sp³-hybridized carbons (Fsp3) is 0.300. The van der Waals surface area contributed by atoms with E-state index in [0.29, 0.717) is 5.71 Å². The maximum Gasteiger partial charge on any atom is 0.123 e. The highest BCUT2D eigenvalue weighted by molar-refractivity contribution is 6.01. The van der Waals surface area contributed by atoms with Gasteiger partial charge in [-0.3, -0.25) is 0 Å². The summed E-state index contributed by atoms with van der Waals surface area (Å²) in [5.74, 6) is -0.166. The minimum atomic E-state index is -0.287. The zero-order chi connectivity index (χ0) is 9.84. The smallest absolute Gasteiger partial charge is 0.123 e. The third-order valence-corrected chi connectivity index (χ3v) is 1.79. The van der Waals surface area contributed by atoms with Gasteiger partial charge in [-0.15, -0.1) is 0 Å². The lowest BCUT2D eigenvalue weighted by molar-refractivity contribution is 0.316. The van der Waals surface area contributed by atoms with Crippen LogP contribution in [0.3, 0.4) is 0 Å². The second-order valence-corrected chi connectivity index (χ2v) is 3.15. The third-order valence-electron chi connectivity index (χ3n) is 1.79.